The van der Waals surface area contributed by atoms with E-state index in [1.165, 1.54) is 0 Å². The van der Waals surface area contributed by atoms with E-state index in [2.05, 4.69) is 44.8 Å². The fourth-order valence-electron chi connectivity index (χ4n) is 4.22. The Labute approximate surface area is 204 Å². The molecule has 37 heavy (non-hydrogen) atoms. The predicted octanol–water partition coefficient (Wildman–Crippen LogP) is 2.87. The minimum Gasteiger partial charge on any atom is -0.481 e. The van der Waals surface area contributed by atoms with E-state index in [1.54, 1.807) is 0 Å². The van der Waals surface area contributed by atoms with Crippen LogP contribution in [0.1, 0.15) is 19.8 Å². The van der Waals surface area contributed by atoms with E-state index in [0.717, 1.165) is 6.92 Å². The molecule has 21 heteroatoms. The molecular formula is C16H20F2N12O7. The Bertz CT molecular complexity index is 1070. The van der Waals surface area contributed by atoms with Gasteiger partial charge in [-0.15, -0.1) is 0 Å². The van der Waals surface area contributed by atoms with Crippen LogP contribution in [0.25, 0.3) is 41.8 Å². The predicted molar refractivity (Wildman–Crippen MR) is 113 cm³/mol. The molecule has 9 atom stereocenters. The highest BCUT2D eigenvalue weighted by Gasteiger charge is 2.62. The molecule has 2 N–H and O–H groups in total. The molecule has 1 saturated heterocycles. The number of esters is 1. The van der Waals surface area contributed by atoms with E-state index in [-0.39, 0.29) is 6.42 Å². The van der Waals surface area contributed by atoms with Gasteiger partial charge in [-0.05, 0) is 28.5 Å². The van der Waals surface area contributed by atoms with Crippen molar-refractivity contribution >= 4 is 11.9 Å². The lowest BCUT2D eigenvalue weighted by Gasteiger charge is -2.47. The number of aliphatic carboxylic acids is 1. The van der Waals surface area contributed by atoms with Crippen LogP contribution in [0, 0.1) is 5.92 Å². The molecule has 2 rings (SSSR count). The number of carboxylic acid groups (broad SMARTS) is 1. The van der Waals surface area contributed by atoms with Gasteiger partial charge in [0.05, 0.1) is 31.2 Å². The lowest BCUT2D eigenvalue weighted by Crippen LogP contribution is -2.65. The van der Waals surface area contributed by atoms with Crippen LogP contribution in [0.2, 0.25) is 0 Å². The lowest BCUT2D eigenvalue weighted by atomic mass is 9.76. The summed E-state index contributed by atoms with van der Waals surface area (Å²) in [7, 11) is 0. The molecule has 0 radical (unpaired) electrons. The molecule has 0 spiro atoms. The first kappa shape index (κ1) is 29.2. The van der Waals surface area contributed by atoms with Crippen LogP contribution in [-0.4, -0.2) is 83.5 Å². The average molecular weight is 530 g/mol. The van der Waals surface area contributed by atoms with Crippen molar-refractivity contribution in [3.8, 4) is 0 Å². The van der Waals surface area contributed by atoms with Crippen LogP contribution in [-0.2, 0) is 23.8 Å². The van der Waals surface area contributed by atoms with Crippen molar-refractivity contribution in [3.63, 3.8) is 0 Å². The average Bonchev–Trinajstić information content (AvgIpc) is 2.81. The molecular weight excluding hydrogens is 510 g/mol. The third kappa shape index (κ3) is 6.78. The number of carboxylic acids is 1. The SMILES string of the molecule is CC(=O)O[C@@H]1[C@@H](CN=[N+]=[N-])O[C@H](O[C@H]2[C@@H](O)[C@@H](CC(=O)O)[C@H](N=[N+]=[N-])C[C@@H]2N=[N+]=[N-])[C@H](N=[N+]=[N-])C1(F)F. The van der Waals surface area contributed by atoms with Crippen LogP contribution in [0.5, 0.6) is 0 Å². The summed E-state index contributed by atoms with van der Waals surface area (Å²) in [6.45, 7) is 0.0535. The first-order valence-corrected chi connectivity index (χ1v) is 10.4. The van der Waals surface area contributed by atoms with E-state index in [0.29, 0.717) is 0 Å². The van der Waals surface area contributed by atoms with Crippen LogP contribution in [0.3, 0.4) is 0 Å². The van der Waals surface area contributed by atoms with Gasteiger partial charge in [-0.25, -0.2) is 8.78 Å². The number of rotatable bonds is 10. The second-order valence-corrected chi connectivity index (χ2v) is 7.94. The maximum absolute atomic E-state index is 15.4. The molecule has 0 amide bonds. The topological polar surface area (TPSA) is 297 Å². The fraction of sp³-hybridized carbons (Fsp3) is 0.875. The van der Waals surface area contributed by atoms with Gasteiger partial charge in [-0.3, -0.25) is 9.59 Å². The zero-order valence-electron chi connectivity index (χ0n) is 18.9. The van der Waals surface area contributed by atoms with Crippen molar-refractivity contribution in [2.75, 3.05) is 6.54 Å². The van der Waals surface area contributed by atoms with E-state index >= 15 is 8.78 Å². The summed E-state index contributed by atoms with van der Waals surface area (Å²) in [6.07, 6.45) is -11.0. The lowest BCUT2D eigenvalue weighted by molar-refractivity contribution is -0.321. The number of aliphatic hydroxyl groups excluding tert-OH is 1. The van der Waals surface area contributed by atoms with Gasteiger partial charge in [-0.2, -0.15) is 0 Å². The summed E-state index contributed by atoms with van der Waals surface area (Å²) in [4.78, 5) is 32.8. The molecule has 1 aliphatic heterocycles. The number of aliphatic hydroxyl groups is 1. The van der Waals surface area contributed by atoms with Crippen molar-refractivity contribution in [1.29, 1.82) is 0 Å². The summed E-state index contributed by atoms with van der Waals surface area (Å²) >= 11 is 0. The number of halogens is 2. The molecule has 0 unspecified atom stereocenters. The zero-order chi connectivity index (χ0) is 27.8. The van der Waals surface area contributed by atoms with Crippen molar-refractivity contribution in [3.05, 3.63) is 41.8 Å². The number of nitrogens with zero attached hydrogens (tertiary/aromatic N) is 12. The minimum atomic E-state index is -4.15. The second-order valence-electron chi connectivity index (χ2n) is 7.94. The third-order valence-electron chi connectivity index (χ3n) is 5.71. The quantitative estimate of drug-likeness (QED) is 0.184. The van der Waals surface area contributed by atoms with Crippen molar-refractivity contribution in [2.24, 2.45) is 26.4 Å². The molecule has 2 aliphatic rings. The van der Waals surface area contributed by atoms with Gasteiger partial charge in [0.2, 0.25) is 0 Å². The van der Waals surface area contributed by atoms with Gasteiger partial charge in [0.25, 0.3) is 5.92 Å². The maximum atomic E-state index is 15.4. The summed E-state index contributed by atoms with van der Waals surface area (Å²) < 4.78 is 46.4. The second kappa shape index (κ2) is 12.8. The molecule has 0 aromatic rings. The smallest absolute Gasteiger partial charge is 0.303 e. The van der Waals surface area contributed by atoms with Crippen LogP contribution in [0.4, 0.5) is 8.78 Å². The molecule has 2 fully saturated rings. The fourth-order valence-corrected chi connectivity index (χ4v) is 4.22. The van der Waals surface area contributed by atoms with Crippen molar-refractivity contribution in [1.82, 2.24) is 0 Å². The Hall–Kier alpha value is -4.08. The molecule has 0 aromatic carbocycles. The molecule has 1 saturated carbocycles. The summed E-state index contributed by atoms with van der Waals surface area (Å²) in [5.74, 6) is -7.99. The zero-order valence-corrected chi connectivity index (χ0v) is 18.9. The Balaban J connectivity index is 2.52. The summed E-state index contributed by atoms with van der Waals surface area (Å²) in [5, 5.41) is 33.1. The highest BCUT2D eigenvalue weighted by molar-refractivity contribution is 5.67. The van der Waals surface area contributed by atoms with Crippen LogP contribution in [0.15, 0.2) is 20.5 Å². The van der Waals surface area contributed by atoms with E-state index < -0.39 is 85.6 Å². The molecule has 0 bridgehead atoms. The van der Waals surface area contributed by atoms with Crippen molar-refractivity contribution < 1.29 is 42.8 Å². The van der Waals surface area contributed by atoms with Gasteiger partial charge >= 0.3 is 11.9 Å². The largest absolute Gasteiger partial charge is 0.481 e. The normalized spacial score (nSPS) is 34.3. The first-order valence-electron chi connectivity index (χ1n) is 10.4. The molecule has 19 nitrogen and oxygen atoms in total. The standard InChI is InChI=1S/C16H20F2N12O7/c1-5(31)35-14-9(4-23-27-19)36-15(13(26-30-22)16(14,17)18)37-12-8(25-29-21)3-7(24-28-20)6(11(12)34)2-10(32)33/h6-9,11-15,34H,2-4H2,1H3,(H,32,33)/t6-,7+,8-,9+,11-,12+,13-,14+,15+/m0/s1. The van der Waals surface area contributed by atoms with Crippen molar-refractivity contribution in [2.45, 2.75) is 74.5 Å². The Morgan fingerprint density at radius 1 is 1.08 bits per heavy atom. The van der Waals surface area contributed by atoms with Crippen LogP contribution < -0.4 is 0 Å². The Morgan fingerprint density at radius 2 is 1.70 bits per heavy atom. The van der Waals surface area contributed by atoms with Crippen LogP contribution >= 0.6 is 0 Å². The molecule has 200 valence electrons. The first-order chi connectivity index (χ1) is 17.5. The monoisotopic (exact) mass is 530 g/mol. The number of alkyl halides is 2. The number of hydrogen-bond acceptors (Lipinski definition) is 10. The molecule has 1 heterocycles. The van der Waals surface area contributed by atoms with Gasteiger partial charge in [0.15, 0.2) is 18.4 Å². The number of azide groups is 4. The number of hydrogen-bond donors (Lipinski definition) is 2. The maximum Gasteiger partial charge on any atom is 0.303 e. The number of ether oxygens (including phenoxy) is 3. The third-order valence-corrected chi connectivity index (χ3v) is 5.71. The summed E-state index contributed by atoms with van der Waals surface area (Å²) in [5.41, 5.74) is 35.2. The van der Waals surface area contributed by atoms with Gasteiger partial charge in [-0.1, -0.05) is 20.5 Å². The minimum absolute atomic E-state index is 0.332. The molecule has 0 aromatic heterocycles. The highest BCUT2D eigenvalue weighted by Crippen LogP contribution is 2.42. The van der Waals surface area contributed by atoms with E-state index in [1.807, 2.05) is 0 Å². The number of carbonyl (C=O) groups is 2. The number of carbonyl (C=O) groups excluding carboxylic acids is 1. The summed E-state index contributed by atoms with van der Waals surface area (Å²) in [6, 6.07) is -5.04. The van der Waals surface area contributed by atoms with Gasteiger partial charge < -0.3 is 24.4 Å². The molecule has 1 aliphatic carbocycles. The Morgan fingerprint density at radius 3 is 2.24 bits per heavy atom. The van der Waals surface area contributed by atoms with Gasteiger partial charge in [0.1, 0.15) is 6.10 Å². The van der Waals surface area contributed by atoms with Gasteiger partial charge in [0, 0.05) is 38.5 Å². The van der Waals surface area contributed by atoms with E-state index in [4.69, 9.17) is 31.6 Å². The van der Waals surface area contributed by atoms with E-state index in [9.17, 15) is 19.8 Å². The highest BCUT2D eigenvalue weighted by atomic mass is 19.3. The Kier molecular flexibility index (Phi) is 10.0.